The van der Waals surface area contributed by atoms with E-state index >= 15 is 0 Å². The van der Waals surface area contributed by atoms with Crippen LogP contribution in [0.25, 0.3) is 28.1 Å². The number of fused-ring (bicyclic) bond motifs is 3. The summed E-state index contributed by atoms with van der Waals surface area (Å²) in [6.45, 7) is 0.0995. The van der Waals surface area contributed by atoms with E-state index in [4.69, 9.17) is 9.84 Å². The molecule has 8 heteroatoms. The SMILES string of the molecule is O=C(NC(Cc1cn(-c2ccccc2)nc1-c1ccc(Br)cc1)C(=O)O)OCC1c2ccccc2-c2ccccc21. The molecule has 7 nitrogen and oxygen atoms in total. The Morgan fingerprint density at radius 3 is 2.12 bits per heavy atom. The van der Waals surface area contributed by atoms with Crippen LogP contribution in [-0.4, -0.2) is 39.6 Å². The lowest BCUT2D eigenvalue weighted by atomic mass is 9.98. The second-order valence-electron chi connectivity index (χ2n) is 9.85. The Labute approximate surface area is 245 Å². The molecule has 1 aromatic heterocycles. The lowest BCUT2D eigenvalue weighted by Crippen LogP contribution is -2.43. The first-order valence-electron chi connectivity index (χ1n) is 13.2. The molecule has 0 bridgehead atoms. The molecule has 1 atom stereocenters. The van der Waals surface area contributed by atoms with Gasteiger partial charge in [-0.1, -0.05) is 94.8 Å². The molecule has 5 aromatic rings. The molecule has 0 spiro atoms. The highest BCUT2D eigenvalue weighted by atomic mass is 79.9. The van der Waals surface area contributed by atoms with E-state index < -0.39 is 18.1 Å². The summed E-state index contributed by atoms with van der Waals surface area (Å²) in [4.78, 5) is 25.2. The van der Waals surface area contributed by atoms with Gasteiger partial charge >= 0.3 is 12.1 Å². The number of carbonyl (C=O) groups excluding carboxylic acids is 1. The third kappa shape index (κ3) is 5.51. The van der Waals surface area contributed by atoms with E-state index in [0.29, 0.717) is 11.3 Å². The molecule has 0 saturated heterocycles. The second kappa shape index (κ2) is 11.4. The van der Waals surface area contributed by atoms with Gasteiger partial charge in [-0.15, -0.1) is 0 Å². The number of benzene rings is 4. The van der Waals surface area contributed by atoms with Gasteiger partial charge in [0.15, 0.2) is 0 Å². The Balaban J connectivity index is 1.21. The first-order chi connectivity index (χ1) is 20.0. The number of aromatic nitrogens is 2. The van der Waals surface area contributed by atoms with Gasteiger partial charge in [-0.3, -0.25) is 0 Å². The average molecular weight is 608 g/mol. The van der Waals surface area contributed by atoms with E-state index in [1.165, 1.54) is 0 Å². The summed E-state index contributed by atoms with van der Waals surface area (Å²) < 4.78 is 8.26. The maximum atomic E-state index is 12.9. The van der Waals surface area contributed by atoms with Gasteiger partial charge in [-0.05, 0) is 46.5 Å². The number of amides is 1. The van der Waals surface area contributed by atoms with E-state index in [1.54, 1.807) is 4.68 Å². The molecule has 1 aliphatic rings. The smallest absolute Gasteiger partial charge is 0.407 e. The summed E-state index contributed by atoms with van der Waals surface area (Å²) in [7, 11) is 0. The van der Waals surface area contributed by atoms with Crippen LogP contribution in [0.15, 0.2) is 114 Å². The van der Waals surface area contributed by atoms with Gasteiger partial charge in [0.2, 0.25) is 0 Å². The van der Waals surface area contributed by atoms with Gasteiger partial charge in [-0.2, -0.15) is 5.10 Å². The number of halogens is 1. The number of alkyl carbamates (subject to hydrolysis) is 1. The van der Waals surface area contributed by atoms with Crippen molar-refractivity contribution in [1.29, 1.82) is 0 Å². The standard InChI is InChI=1S/C33H26BrN3O4/c34-23-16-14-21(15-17-23)31-22(19-37(36-31)24-8-2-1-3-9-24)18-30(32(38)39)35-33(40)41-20-29-27-12-6-4-10-25(27)26-11-5-7-13-28(26)29/h1-17,19,29-30H,18,20H2,(H,35,40)(H,38,39). The van der Waals surface area contributed by atoms with Crippen molar-refractivity contribution in [3.63, 3.8) is 0 Å². The number of hydrogen-bond acceptors (Lipinski definition) is 4. The highest BCUT2D eigenvalue weighted by molar-refractivity contribution is 9.10. The Morgan fingerprint density at radius 1 is 0.878 bits per heavy atom. The van der Waals surface area contributed by atoms with Crippen LogP contribution in [-0.2, 0) is 16.0 Å². The van der Waals surface area contributed by atoms with Crippen molar-refractivity contribution in [2.45, 2.75) is 18.4 Å². The lowest BCUT2D eigenvalue weighted by molar-refractivity contribution is -0.139. The van der Waals surface area contributed by atoms with Crippen molar-refractivity contribution in [2.75, 3.05) is 6.61 Å². The monoisotopic (exact) mass is 607 g/mol. The molecule has 6 rings (SSSR count). The molecule has 41 heavy (non-hydrogen) atoms. The fourth-order valence-electron chi connectivity index (χ4n) is 5.33. The molecule has 0 aliphatic heterocycles. The molecular formula is C33H26BrN3O4. The third-order valence-corrected chi connectivity index (χ3v) is 7.81. The Morgan fingerprint density at radius 2 is 1.49 bits per heavy atom. The van der Waals surface area contributed by atoms with Crippen molar-refractivity contribution >= 4 is 28.0 Å². The molecule has 0 radical (unpaired) electrons. The van der Waals surface area contributed by atoms with Crippen molar-refractivity contribution < 1.29 is 19.4 Å². The van der Waals surface area contributed by atoms with Crippen LogP contribution in [0.3, 0.4) is 0 Å². The van der Waals surface area contributed by atoms with Gasteiger partial charge in [0, 0.05) is 34.1 Å². The summed E-state index contributed by atoms with van der Waals surface area (Å²) in [5, 5.41) is 17.4. The zero-order valence-corrected chi connectivity index (χ0v) is 23.5. The summed E-state index contributed by atoms with van der Waals surface area (Å²) in [5.41, 5.74) is 7.42. The van der Waals surface area contributed by atoms with Crippen molar-refractivity contribution in [3.05, 3.63) is 130 Å². The van der Waals surface area contributed by atoms with Crippen molar-refractivity contribution in [3.8, 4) is 28.1 Å². The zero-order chi connectivity index (χ0) is 28.3. The first-order valence-corrected chi connectivity index (χ1v) is 14.0. The predicted octanol–water partition coefficient (Wildman–Crippen LogP) is 6.84. The minimum atomic E-state index is -1.21. The third-order valence-electron chi connectivity index (χ3n) is 7.29. The molecule has 1 amide bonds. The van der Waals surface area contributed by atoms with E-state index in [1.807, 2.05) is 97.2 Å². The number of carbonyl (C=O) groups is 2. The van der Waals surface area contributed by atoms with Gasteiger partial charge in [0.1, 0.15) is 12.6 Å². The van der Waals surface area contributed by atoms with Crippen molar-refractivity contribution in [1.82, 2.24) is 15.1 Å². The lowest BCUT2D eigenvalue weighted by Gasteiger charge is -2.17. The number of ether oxygens (including phenoxy) is 1. The first kappa shape index (κ1) is 26.5. The number of nitrogens with zero attached hydrogens (tertiary/aromatic N) is 2. The van der Waals surface area contributed by atoms with Gasteiger partial charge < -0.3 is 15.2 Å². The topological polar surface area (TPSA) is 93.5 Å². The highest BCUT2D eigenvalue weighted by Crippen LogP contribution is 2.44. The molecule has 204 valence electrons. The molecular weight excluding hydrogens is 582 g/mol. The van der Waals surface area contributed by atoms with Crippen LogP contribution in [0.2, 0.25) is 0 Å². The summed E-state index contributed by atoms with van der Waals surface area (Å²) in [6.07, 6.45) is 1.06. The molecule has 0 saturated carbocycles. The normalized spacial score (nSPS) is 12.8. The predicted molar refractivity (Wildman–Crippen MR) is 160 cm³/mol. The highest BCUT2D eigenvalue weighted by Gasteiger charge is 2.30. The quantitative estimate of drug-likeness (QED) is 0.201. The number of aliphatic carboxylic acids is 1. The number of para-hydroxylation sites is 1. The van der Waals surface area contributed by atoms with Crippen molar-refractivity contribution in [2.24, 2.45) is 0 Å². The Bertz CT molecular complexity index is 1670. The molecule has 0 fully saturated rings. The number of hydrogen-bond donors (Lipinski definition) is 2. The van der Waals surface area contributed by atoms with E-state index in [0.717, 1.165) is 38.0 Å². The Kier molecular flexibility index (Phi) is 7.39. The number of nitrogens with one attached hydrogen (secondary N) is 1. The van der Waals surface area contributed by atoms with Crippen LogP contribution in [0, 0.1) is 0 Å². The largest absolute Gasteiger partial charge is 0.480 e. The number of carboxylic acids is 1. The molecule has 1 unspecified atom stereocenters. The van der Waals surface area contributed by atoms with Crippen LogP contribution in [0.4, 0.5) is 4.79 Å². The minimum Gasteiger partial charge on any atom is -0.480 e. The van der Waals surface area contributed by atoms with Gasteiger partial charge in [0.25, 0.3) is 0 Å². The van der Waals surface area contributed by atoms with E-state index in [2.05, 4.69) is 33.4 Å². The van der Waals surface area contributed by atoms with Crippen LogP contribution in [0.5, 0.6) is 0 Å². The average Bonchev–Trinajstić information content (AvgIpc) is 3.56. The maximum Gasteiger partial charge on any atom is 0.407 e. The second-order valence-corrected chi connectivity index (χ2v) is 10.8. The maximum absolute atomic E-state index is 12.9. The van der Waals surface area contributed by atoms with Crippen LogP contribution in [0.1, 0.15) is 22.6 Å². The summed E-state index contributed by atoms with van der Waals surface area (Å²) in [6, 6.07) is 32.1. The molecule has 1 aliphatic carbocycles. The zero-order valence-electron chi connectivity index (χ0n) is 21.9. The molecule has 1 heterocycles. The fraction of sp³-hybridized carbons (Fsp3) is 0.121. The van der Waals surface area contributed by atoms with E-state index in [-0.39, 0.29) is 18.9 Å². The number of rotatable bonds is 8. The van der Waals surface area contributed by atoms with Gasteiger partial charge in [-0.25, -0.2) is 14.3 Å². The Hall–Kier alpha value is -4.69. The van der Waals surface area contributed by atoms with Crippen LogP contribution >= 0.6 is 15.9 Å². The summed E-state index contributed by atoms with van der Waals surface area (Å²) in [5.74, 6) is -1.28. The summed E-state index contributed by atoms with van der Waals surface area (Å²) >= 11 is 3.46. The molecule has 2 N–H and O–H groups in total. The molecule has 4 aromatic carbocycles. The fourth-order valence-corrected chi connectivity index (χ4v) is 5.59. The minimum absolute atomic E-state index is 0.0256. The van der Waals surface area contributed by atoms with E-state index in [9.17, 15) is 14.7 Å². The number of carboxylic acid groups (broad SMARTS) is 1. The van der Waals surface area contributed by atoms with Crippen LogP contribution < -0.4 is 5.32 Å². The van der Waals surface area contributed by atoms with Gasteiger partial charge in [0.05, 0.1) is 11.4 Å².